The van der Waals surface area contributed by atoms with E-state index in [1.807, 2.05) is 31.2 Å². The van der Waals surface area contributed by atoms with Crippen LogP contribution in [-0.4, -0.2) is 59.9 Å². The lowest BCUT2D eigenvalue weighted by Gasteiger charge is -2.34. The Kier molecular flexibility index (Phi) is 5.91. The third-order valence-corrected chi connectivity index (χ3v) is 6.39. The highest BCUT2D eigenvalue weighted by Gasteiger charge is 2.29. The molecular weight excluding hydrogens is 368 g/mol. The van der Waals surface area contributed by atoms with Crippen LogP contribution in [0.2, 0.25) is 0 Å². The highest BCUT2D eigenvalue weighted by molar-refractivity contribution is 7.88. The Morgan fingerprint density at radius 2 is 1.89 bits per heavy atom. The number of carbonyl (C=O) groups is 1. The van der Waals surface area contributed by atoms with E-state index in [9.17, 15) is 13.2 Å². The molecule has 0 saturated carbocycles. The Morgan fingerprint density at radius 3 is 2.52 bits per heavy atom. The van der Waals surface area contributed by atoms with Gasteiger partial charge in [0.15, 0.2) is 0 Å². The first-order valence-electron chi connectivity index (χ1n) is 8.93. The van der Waals surface area contributed by atoms with Crippen molar-refractivity contribution in [1.29, 1.82) is 0 Å². The maximum atomic E-state index is 12.7. The number of rotatable bonds is 6. The number of aryl methyl sites for hydroxylation is 3. The Balaban J connectivity index is 1.50. The van der Waals surface area contributed by atoms with Gasteiger partial charge in [0.05, 0.1) is 5.75 Å². The van der Waals surface area contributed by atoms with E-state index in [1.54, 1.807) is 11.8 Å². The Labute approximate surface area is 159 Å². The van der Waals surface area contributed by atoms with Crippen molar-refractivity contribution in [3.8, 4) is 0 Å². The van der Waals surface area contributed by atoms with Crippen LogP contribution in [0.1, 0.15) is 29.3 Å². The van der Waals surface area contributed by atoms with E-state index in [-0.39, 0.29) is 18.1 Å². The van der Waals surface area contributed by atoms with Gasteiger partial charge in [0.1, 0.15) is 0 Å². The third-order valence-electron chi connectivity index (χ3n) is 4.54. The summed E-state index contributed by atoms with van der Waals surface area (Å²) in [5.41, 5.74) is 1.82. The first kappa shape index (κ1) is 19.5. The van der Waals surface area contributed by atoms with Gasteiger partial charge in [-0.1, -0.05) is 29.8 Å². The van der Waals surface area contributed by atoms with Gasteiger partial charge in [-0.3, -0.25) is 4.79 Å². The number of hydrogen-bond donors (Lipinski definition) is 0. The minimum absolute atomic E-state index is 0.0147. The van der Waals surface area contributed by atoms with Gasteiger partial charge < -0.3 is 9.32 Å². The Bertz CT molecular complexity index is 902. The average molecular weight is 392 g/mol. The fourth-order valence-corrected chi connectivity index (χ4v) is 4.63. The number of benzene rings is 1. The zero-order chi connectivity index (χ0) is 19.4. The first-order valence-corrected chi connectivity index (χ1v) is 10.5. The quantitative estimate of drug-likeness (QED) is 0.735. The maximum Gasteiger partial charge on any atom is 0.223 e. The molecule has 3 rings (SSSR count). The average Bonchev–Trinajstić information content (AvgIpc) is 3.05. The lowest BCUT2D eigenvalue weighted by atomic mass is 10.2. The van der Waals surface area contributed by atoms with Crippen molar-refractivity contribution >= 4 is 15.9 Å². The van der Waals surface area contributed by atoms with Crippen molar-refractivity contribution in [3.63, 3.8) is 0 Å². The molecule has 1 aliphatic rings. The second kappa shape index (κ2) is 8.18. The van der Waals surface area contributed by atoms with Crippen LogP contribution in [0.4, 0.5) is 0 Å². The molecule has 1 fully saturated rings. The fourth-order valence-electron chi connectivity index (χ4n) is 3.13. The van der Waals surface area contributed by atoms with E-state index < -0.39 is 10.0 Å². The molecule has 2 heterocycles. The van der Waals surface area contributed by atoms with Crippen LogP contribution in [0, 0.1) is 13.8 Å². The van der Waals surface area contributed by atoms with Crippen LogP contribution >= 0.6 is 0 Å². The topological polar surface area (TPSA) is 96.6 Å². The van der Waals surface area contributed by atoms with E-state index in [2.05, 4.69) is 10.2 Å². The second-order valence-electron chi connectivity index (χ2n) is 6.74. The van der Waals surface area contributed by atoms with Crippen LogP contribution in [-0.2, 0) is 27.0 Å². The molecule has 1 saturated heterocycles. The molecule has 0 atom stereocenters. The maximum absolute atomic E-state index is 12.7. The van der Waals surface area contributed by atoms with Gasteiger partial charge in [-0.2, -0.15) is 4.31 Å². The lowest BCUT2D eigenvalue weighted by molar-refractivity contribution is -0.132. The molecule has 0 unspecified atom stereocenters. The summed E-state index contributed by atoms with van der Waals surface area (Å²) in [6.45, 7) is 5.08. The molecule has 2 aromatic rings. The second-order valence-corrected chi connectivity index (χ2v) is 8.71. The molecule has 146 valence electrons. The Hall–Kier alpha value is -2.26. The summed E-state index contributed by atoms with van der Waals surface area (Å²) in [5.74, 6) is 0.880. The van der Waals surface area contributed by atoms with Gasteiger partial charge in [-0.15, -0.1) is 10.2 Å². The predicted molar refractivity (Wildman–Crippen MR) is 99.3 cm³/mol. The van der Waals surface area contributed by atoms with E-state index >= 15 is 0 Å². The Morgan fingerprint density at radius 1 is 1.15 bits per heavy atom. The van der Waals surface area contributed by atoms with E-state index in [0.717, 1.165) is 11.1 Å². The van der Waals surface area contributed by atoms with Gasteiger partial charge in [-0.25, -0.2) is 8.42 Å². The zero-order valence-corrected chi connectivity index (χ0v) is 16.4. The number of amides is 1. The lowest BCUT2D eigenvalue weighted by Crippen LogP contribution is -2.50. The SMILES string of the molecule is Cc1cccc(CS(=O)(=O)N2CCN(C(=O)CCc3nnc(C)o3)CC2)c1. The van der Waals surface area contributed by atoms with Crippen molar-refractivity contribution in [2.45, 2.75) is 32.4 Å². The van der Waals surface area contributed by atoms with Gasteiger partial charge in [0.2, 0.25) is 27.7 Å². The summed E-state index contributed by atoms with van der Waals surface area (Å²) in [6.07, 6.45) is 0.670. The number of carbonyl (C=O) groups excluding carboxylic acids is 1. The van der Waals surface area contributed by atoms with Crippen LogP contribution in [0.15, 0.2) is 28.7 Å². The zero-order valence-electron chi connectivity index (χ0n) is 15.6. The van der Waals surface area contributed by atoms with Gasteiger partial charge >= 0.3 is 0 Å². The van der Waals surface area contributed by atoms with Gasteiger partial charge in [0, 0.05) is 45.9 Å². The van der Waals surface area contributed by atoms with Crippen molar-refractivity contribution < 1.29 is 17.6 Å². The summed E-state index contributed by atoms with van der Waals surface area (Å²) >= 11 is 0. The van der Waals surface area contributed by atoms with Crippen molar-refractivity contribution in [2.24, 2.45) is 0 Å². The molecule has 8 nitrogen and oxygen atoms in total. The normalized spacial score (nSPS) is 15.9. The number of nitrogens with zero attached hydrogens (tertiary/aromatic N) is 4. The highest BCUT2D eigenvalue weighted by Crippen LogP contribution is 2.15. The third kappa shape index (κ3) is 5.14. The number of aromatic nitrogens is 2. The molecule has 0 spiro atoms. The number of piperazine rings is 1. The van der Waals surface area contributed by atoms with Gasteiger partial charge in [0.25, 0.3) is 0 Å². The molecule has 1 aliphatic heterocycles. The number of hydrogen-bond acceptors (Lipinski definition) is 6. The van der Waals surface area contributed by atoms with Crippen molar-refractivity contribution in [3.05, 3.63) is 47.2 Å². The molecule has 0 radical (unpaired) electrons. The van der Waals surface area contributed by atoms with Crippen molar-refractivity contribution in [2.75, 3.05) is 26.2 Å². The van der Waals surface area contributed by atoms with E-state index in [4.69, 9.17) is 4.42 Å². The molecule has 1 amide bonds. The largest absolute Gasteiger partial charge is 0.426 e. The summed E-state index contributed by atoms with van der Waals surface area (Å²) < 4.78 is 32.0. The van der Waals surface area contributed by atoms with E-state index in [0.29, 0.717) is 44.4 Å². The molecule has 0 aliphatic carbocycles. The predicted octanol–water partition coefficient (Wildman–Crippen LogP) is 1.29. The van der Waals surface area contributed by atoms with Gasteiger partial charge in [-0.05, 0) is 12.5 Å². The summed E-state index contributed by atoms with van der Waals surface area (Å²) in [5, 5.41) is 7.62. The summed E-state index contributed by atoms with van der Waals surface area (Å²) in [6, 6.07) is 7.51. The smallest absolute Gasteiger partial charge is 0.223 e. The molecule has 9 heteroatoms. The molecule has 27 heavy (non-hydrogen) atoms. The standard InChI is InChI=1S/C18H24N4O4S/c1-14-4-3-5-16(12-14)13-27(24,25)22-10-8-21(9-11-22)18(23)7-6-17-20-19-15(2)26-17/h3-5,12H,6-11,13H2,1-2H3. The van der Waals surface area contributed by atoms with Crippen LogP contribution in [0.25, 0.3) is 0 Å². The molecule has 1 aromatic carbocycles. The fraction of sp³-hybridized carbons (Fsp3) is 0.500. The number of sulfonamides is 1. The van der Waals surface area contributed by atoms with Crippen LogP contribution in [0.5, 0.6) is 0 Å². The summed E-state index contributed by atoms with van der Waals surface area (Å²) in [4.78, 5) is 14.0. The molecule has 0 N–H and O–H groups in total. The summed E-state index contributed by atoms with van der Waals surface area (Å²) in [7, 11) is -3.39. The molecular formula is C18H24N4O4S. The molecule has 0 bridgehead atoms. The molecule has 1 aromatic heterocycles. The minimum atomic E-state index is -3.39. The van der Waals surface area contributed by atoms with Crippen LogP contribution in [0.3, 0.4) is 0 Å². The first-order chi connectivity index (χ1) is 12.8. The van der Waals surface area contributed by atoms with Crippen molar-refractivity contribution in [1.82, 2.24) is 19.4 Å². The van der Waals surface area contributed by atoms with E-state index in [1.165, 1.54) is 4.31 Å². The monoisotopic (exact) mass is 392 g/mol. The van der Waals surface area contributed by atoms with Crippen LogP contribution < -0.4 is 0 Å². The highest BCUT2D eigenvalue weighted by atomic mass is 32.2. The minimum Gasteiger partial charge on any atom is -0.426 e.